The van der Waals surface area contributed by atoms with E-state index in [-0.39, 0.29) is 30.8 Å². The molecular formula is C18H18FNO4S. The number of likely N-dealkylation sites (tertiary alicyclic amines) is 1. The molecule has 0 bridgehead atoms. The van der Waals surface area contributed by atoms with Gasteiger partial charge in [0.25, 0.3) is 5.91 Å². The third-order valence-electron chi connectivity index (χ3n) is 4.38. The van der Waals surface area contributed by atoms with E-state index >= 15 is 0 Å². The molecule has 1 aliphatic heterocycles. The highest BCUT2D eigenvalue weighted by atomic mass is 32.1. The number of carbonyl (C=O) groups excluding carboxylic acids is 1. The first kappa shape index (κ1) is 17.6. The number of aliphatic carboxylic acids is 1. The molecule has 1 amide bonds. The molecule has 132 valence electrons. The van der Waals surface area contributed by atoms with Gasteiger partial charge in [-0.15, -0.1) is 11.3 Å². The number of hydrogen-bond donors (Lipinski definition) is 1. The summed E-state index contributed by atoms with van der Waals surface area (Å²) in [5, 5.41) is 9.37. The molecular weight excluding hydrogens is 345 g/mol. The molecule has 1 aromatic heterocycles. The van der Waals surface area contributed by atoms with E-state index in [0.717, 1.165) is 16.0 Å². The van der Waals surface area contributed by atoms with Crippen LogP contribution in [0.1, 0.15) is 21.7 Å². The summed E-state index contributed by atoms with van der Waals surface area (Å²) in [7, 11) is 1.51. The van der Waals surface area contributed by atoms with E-state index in [2.05, 4.69) is 0 Å². The third kappa shape index (κ3) is 3.43. The maximum Gasteiger partial charge on any atom is 0.326 e. The summed E-state index contributed by atoms with van der Waals surface area (Å²) < 4.78 is 18.3. The Labute approximate surface area is 148 Å². The van der Waals surface area contributed by atoms with Crippen LogP contribution in [0.3, 0.4) is 0 Å². The van der Waals surface area contributed by atoms with E-state index in [1.54, 1.807) is 18.2 Å². The van der Waals surface area contributed by atoms with Crippen molar-refractivity contribution in [3.05, 3.63) is 46.6 Å². The van der Waals surface area contributed by atoms with Crippen molar-refractivity contribution in [2.75, 3.05) is 13.7 Å². The first-order chi connectivity index (χ1) is 11.9. The van der Waals surface area contributed by atoms with E-state index < -0.39 is 12.0 Å². The van der Waals surface area contributed by atoms with Crippen LogP contribution >= 0.6 is 11.3 Å². The number of aryl methyl sites for hydroxylation is 1. The van der Waals surface area contributed by atoms with Gasteiger partial charge in [0.2, 0.25) is 0 Å². The zero-order chi connectivity index (χ0) is 18.1. The zero-order valence-corrected chi connectivity index (χ0v) is 14.7. The molecule has 2 unspecified atom stereocenters. The van der Waals surface area contributed by atoms with E-state index in [1.165, 1.54) is 35.5 Å². The highest BCUT2D eigenvalue weighted by Crippen LogP contribution is 2.34. The summed E-state index contributed by atoms with van der Waals surface area (Å²) in [6, 6.07) is 6.96. The van der Waals surface area contributed by atoms with Crippen molar-refractivity contribution in [1.29, 1.82) is 0 Å². The second kappa shape index (κ2) is 6.93. The number of thiophene rings is 1. The SMILES string of the molecule is COC1CC(C(=O)O)N(C(=O)c2cc(C)c(-c3ccc(F)cc3)s2)C1. The normalized spacial score (nSPS) is 20.0. The summed E-state index contributed by atoms with van der Waals surface area (Å²) in [5.74, 6) is -1.66. The highest BCUT2D eigenvalue weighted by molar-refractivity contribution is 7.17. The van der Waals surface area contributed by atoms with Gasteiger partial charge in [-0.1, -0.05) is 12.1 Å². The van der Waals surface area contributed by atoms with Crippen molar-refractivity contribution in [1.82, 2.24) is 4.90 Å². The number of amides is 1. The average Bonchev–Trinajstić information content (AvgIpc) is 3.19. The van der Waals surface area contributed by atoms with Gasteiger partial charge in [0.15, 0.2) is 0 Å². The number of hydrogen-bond acceptors (Lipinski definition) is 4. The smallest absolute Gasteiger partial charge is 0.326 e. The number of ether oxygens (including phenoxy) is 1. The third-order valence-corrected chi connectivity index (χ3v) is 5.65. The van der Waals surface area contributed by atoms with Crippen LogP contribution in [0.5, 0.6) is 0 Å². The number of nitrogens with zero attached hydrogens (tertiary/aromatic N) is 1. The fourth-order valence-corrected chi connectivity index (χ4v) is 4.18. The van der Waals surface area contributed by atoms with Crippen molar-refractivity contribution < 1.29 is 23.8 Å². The second-order valence-corrected chi connectivity index (χ2v) is 7.09. The molecule has 25 heavy (non-hydrogen) atoms. The number of benzene rings is 1. The lowest BCUT2D eigenvalue weighted by atomic mass is 10.1. The summed E-state index contributed by atoms with van der Waals surface area (Å²) >= 11 is 1.29. The largest absolute Gasteiger partial charge is 0.480 e. The Morgan fingerprint density at radius 3 is 2.60 bits per heavy atom. The van der Waals surface area contributed by atoms with Crippen LogP contribution in [0, 0.1) is 12.7 Å². The van der Waals surface area contributed by atoms with Crippen LogP contribution in [0.25, 0.3) is 10.4 Å². The van der Waals surface area contributed by atoms with Crippen LogP contribution in [-0.2, 0) is 9.53 Å². The van der Waals surface area contributed by atoms with Gasteiger partial charge < -0.3 is 14.7 Å². The number of carboxylic acid groups (broad SMARTS) is 1. The molecule has 0 aliphatic carbocycles. The van der Waals surface area contributed by atoms with Gasteiger partial charge in [-0.05, 0) is 36.2 Å². The summed E-state index contributed by atoms with van der Waals surface area (Å²) in [6.07, 6.45) is 0.00918. The monoisotopic (exact) mass is 363 g/mol. The Hall–Kier alpha value is -2.25. The first-order valence-corrected chi connectivity index (χ1v) is 8.65. The standard InChI is InChI=1S/C18H18FNO4S/c1-10-7-15(25-16(10)11-3-5-12(19)6-4-11)17(21)20-9-13(24-2)8-14(20)18(22)23/h3-7,13-14H,8-9H2,1-2H3,(H,22,23). The maximum atomic E-state index is 13.1. The lowest BCUT2D eigenvalue weighted by Gasteiger charge is -2.20. The highest BCUT2D eigenvalue weighted by Gasteiger charge is 2.40. The van der Waals surface area contributed by atoms with Crippen LogP contribution in [0.2, 0.25) is 0 Å². The average molecular weight is 363 g/mol. The van der Waals surface area contributed by atoms with E-state index in [1.807, 2.05) is 6.92 Å². The minimum atomic E-state index is -1.03. The Bertz CT molecular complexity index is 802. The van der Waals surface area contributed by atoms with Gasteiger partial charge in [0, 0.05) is 25.0 Å². The molecule has 2 atom stereocenters. The minimum Gasteiger partial charge on any atom is -0.480 e. The number of carboxylic acids is 1. The quantitative estimate of drug-likeness (QED) is 0.906. The van der Waals surface area contributed by atoms with Crippen molar-refractivity contribution >= 4 is 23.2 Å². The molecule has 0 radical (unpaired) electrons. The predicted octanol–water partition coefficient (Wildman–Crippen LogP) is 3.18. The van der Waals surface area contributed by atoms with E-state index in [4.69, 9.17) is 4.74 Å². The Morgan fingerprint density at radius 2 is 2.00 bits per heavy atom. The van der Waals surface area contributed by atoms with Crippen molar-refractivity contribution in [2.24, 2.45) is 0 Å². The summed E-state index contributed by atoms with van der Waals surface area (Å²) in [4.78, 5) is 27.0. The van der Waals surface area contributed by atoms with Gasteiger partial charge >= 0.3 is 5.97 Å². The lowest BCUT2D eigenvalue weighted by Crippen LogP contribution is -2.40. The van der Waals surface area contributed by atoms with Crippen LogP contribution in [-0.4, -0.2) is 47.7 Å². The second-order valence-electron chi connectivity index (χ2n) is 6.03. The van der Waals surface area contributed by atoms with Crippen molar-refractivity contribution in [2.45, 2.75) is 25.5 Å². The summed E-state index contributed by atoms with van der Waals surface area (Å²) in [5.41, 5.74) is 1.73. The molecule has 5 nitrogen and oxygen atoms in total. The van der Waals surface area contributed by atoms with Gasteiger partial charge in [0.05, 0.1) is 11.0 Å². The number of halogens is 1. The molecule has 1 aliphatic rings. The Balaban J connectivity index is 1.89. The molecule has 7 heteroatoms. The van der Waals surface area contributed by atoms with E-state index in [0.29, 0.717) is 4.88 Å². The van der Waals surface area contributed by atoms with Crippen LogP contribution in [0.15, 0.2) is 30.3 Å². The molecule has 3 rings (SSSR count). The van der Waals surface area contributed by atoms with Gasteiger partial charge in [-0.2, -0.15) is 0 Å². The molecule has 0 spiro atoms. The van der Waals surface area contributed by atoms with Crippen LogP contribution < -0.4 is 0 Å². The van der Waals surface area contributed by atoms with Crippen LogP contribution in [0.4, 0.5) is 4.39 Å². The minimum absolute atomic E-state index is 0.259. The number of carbonyl (C=O) groups is 2. The van der Waals surface area contributed by atoms with Gasteiger partial charge in [0.1, 0.15) is 11.9 Å². The zero-order valence-electron chi connectivity index (χ0n) is 13.9. The summed E-state index contributed by atoms with van der Waals surface area (Å²) in [6.45, 7) is 2.14. The lowest BCUT2D eigenvalue weighted by molar-refractivity contribution is -0.141. The van der Waals surface area contributed by atoms with Gasteiger partial charge in [-0.25, -0.2) is 9.18 Å². The van der Waals surface area contributed by atoms with E-state index in [9.17, 15) is 19.1 Å². The fraction of sp³-hybridized carbons (Fsp3) is 0.333. The Morgan fingerprint density at radius 1 is 1.32 bits per heavy atom. The topological polar surface area (TPSA) is 66.8 Å². The molecule has 1 aromatic carbocycles. The molecule has 2 heterocycles. The molecule has 1 fully saturated rings. The molecule has 1 saturated heterocycles. The van der Waals surface area contributed by atoms with Crippen molar-refractivity contribution in [3.8, 4) is 10.4 Å². The number of rotatable bonds is 4. The first-order valence-electron chi connectivity index (χ1n) is 7.83. The van der Waals surface area contributed by atoms with Gasteiger partial charge in [-0.3, -0.25) is 4.79 Å². The molecule has 2 aromatic rings. The molecule has 0 saturated carbocycles. The predicted molar refractivity (Wildman–Crippen MR) is 92.3 cm³/mol. The fourth-order valence-electron chi connectivity index (χ4n) is 3.04. The Kier molecular flexibility index (Phi) is 4.87. The molecule has 1 N–H and O–H groups in total. The maximum absolute atomic E-state index is 13.1. The van der Waals surface area contributed by atoms with Crippen molar-refractivity contribution in [3.63, 3.8) is 0 Å². The number of methoxy groups -OCH3 is 1.